The number of aromatic nitrogens is 2. The van der Waals surface area contributed by atoms with E-state index in [9.17, 15) is 4.79 Å². The normalized spacial score (nSPS) is 10.8. The second-order valence-electron chi connectivity index (χ2n) is 6.04. The molecule has 1 aromatic carbocycles. The van der Waals surface area contributed by atoms with Crippen molar-refractivity contribution in [3.8, 4) is 5.75 Å². The van der Waals surface area contributed by atoms with Crippen LogP contribution < -0.4 is 10.1 Å². The average Bonchev–Trinajstić information content (AvgIpc) is 2.59. The van der Waals surface area contributed by atoms with Gasteiger partial charge in [0.2, 0.25) is 0 Å². The number of ether oxygens (including phenoxy) is 1. The van der Waals surface area contributed by atoms with Gasteiger partial charge in [-0.1, -0.05) is 26.8 Å². The van der Waals surface area contributed by atoms with Crippen LogP contribution >= 0.6 is 11.8 Å². The minimum absolute atomic E-state index is 0.204. The molecule has 0 saturated carbocycles. The van der Waals surface area contributed by atoms with Gasteiger partial charge in [-0.05, 0) is 31.7 Å². The van der Waals surface area contributed by atoms with Crippen molar-refractivity contribution in [3.63, 3.8) is 0 Å². The number of hydrogen-bond donors (Lipinski definition) is 1. The zero-order valence-electron chi connectivity index (χ0n) is 15.4. The van der Waals surface area contributed by atoms with E-state index < -0.39 is 0 Å². The lowest BCUT2D eigenvalue weighted by atomic mass is 10.1. The van der Waals surface area contributed by atoms with Crippen LogP contribution in [0.15, 0.2) is 29.3 Å². The van der Waals surface area contributed by atoms with Crippen LogP contribution in [0.2, 0.25) is 0 Å². The molecule has 5 nitrogen and oxygen atoms in total. The second kappa shape index (κ2) is 8.85. The Kier molecular flexibility index (Phi) is 6.82. The van der Waals surface area contributed by atoms with Gasteiger partial charge in [0.1, 0.15) is 16.6 Å². The minimum Gasteiger partial charge on any atom is -0.494 e. The van der Waals surface area contributed by atoms with E-state index in [0.29, 0.717) is 28.6 Å². The van der Waals surface area contributed by atoms with Gasteiger partial charge in [0.15, 0.2) is 0 Å². The lowest BCUT2D eigenvalue weighted by molar-refractivity contribution is 0.102. The Hall–Kier alpha value is -2.08. The molecule has 2 aromatic rings. The molecule has 0 bridgehead atoms. The van der Waals surface area contributed by atoms with E-state index >= 15 is 0 Å². The highest BCUT2D eigenvalue weighted by Gasteiger charge is 2.19. The fourth-order valence-electron chi connectivity index (χ4n) is 2.31. The zero-order chi connectivity index (χ0) is 18.4. The summed E-state index contributed by atoms with van der Waals surface area (Å²) in [6.07, 6.45) is 2.86. The van der Waals surface area contributed by atoms with Gasteiger partial charge < -0.3 is 10.1 Å². The number of anilines is 1. The summed E-state index contributed by atoms with van der Waals surface area (Å²) >= 11 is 1.46. The van der Waals surface area contributed by atoms with E-state index in [-0.39, 0.29) is 11.8 Å². The van der Waals surface area contributed by atoms with Gasteiger partial charge >= 0.3 is 0 Å². The summed E-state index contributed by atoms with van der Waals surface area (Å²) in [7, 11) is 0. The van der Waals surface area contributed by atoms with Crippen LogP contribution in [0.5, 0.6) is 5.75 Å². The highest BCUT2D eigenvalue weighted by atomic mass is 32.2. The van der Waals surface area contributed by atoms with Gasteiger partial charge in [0, 0.05) is 17.7 Å². The first kappa shape index (κ1) is 19.2. The molecule has 6 heteroatoms. The molecular formula is C19H25N3O2S. The summed E-state index contributed by atoms with van der Waals surface area (Å²) in [6.45, 7) is 8.64. The Morgan fingerprint density at radius 2 is 2.08 bits per heavy atom. The van der Waals surface area contributed by atoms with Crippen molar-refractivity contribution in [2.75, 3.05) is 18.2 Å². The number of thioether (sulfide) groups is 1. The highest BCUT2D eigenvalue weighted by molar-refractivity contribution is 7.98. The minimum atomic E-state index is -0.204. The fraction of sp³-hybridized carbons (Fsp3) is 0.421. The van der Waals surface area contributed by atoms with Crippen molar-refractivity contribution in [2.45, 2.75) is 45.1 Å². The molecule has 0 aliphatic heterocycles. The molecule has 1 aromatic heterocycles. The molecule has 1 amide bonds. The third-order valence-electron chi connectivity index (χ3n) is 3.58. The fourth-order valence-corrected chi connectivity index (χ4v) is 2.94. The molecule has 0 aliphatic rings. The summed E-state index contributed by atoms with van der Waals surface area (Å²) in [5.74, 6) is 1.51. The summed E-state index contributed by atoms with van der Waals surface area (Å²) < 4.78 is 5.61. The summed E-state index contributed by atoms with van der Waals surface area (Å²) in [5.41, 5.74) is 1.91. The number of rotatable bonds is 7. The highest BCUT2D eigenvalue weighted by Crippen LogP contribution is 2.25. The van der Waals surface area contributed by atoms with Crippen molar-refractivity contribution in [3.05, 3.63) is 41.3 Å². The number of carbonyl (C=O) groups is 1. The molecule has 0 aliphatic carbocycles. The van der Waals surface area contributed by atoms with Crippen LogP contribution in [0.3, 0.4) is 0 Å². The summed E-state index contributed by atoms with van der Waals surface area (Å²) in [4.78, 5) is 21.8. The van der Waals surface area contributed by atoms with Gasteiger partial charge in [0.25, 0.3) is 5.91 Å². The van der Waals surface area contributed by atoms with E-state index in [1.807, 2.05) is 51.3 Å². The maximum Gasteiger partial charge on any atom is 0.260 e. The number of nitrogens with one attached hydrogen (secondary N) is 1. The van der Waals surface area contributed by atoms with Gasteiger partial charge in [-0.2, -0.15) is 0 Å². The molecule has 1 N–H and O–H groups in total. The number of nitrogens with zero attached hydrogens (tertiary/aromatic N) is 2. The van der Waals surface area contributed by atoms with Crippen molar-refractivity contribution in [2.24, 2.45) is 0 Å². The third kappa shape index (κ3) is 4.95. The van der Waals surface area contributed by atoms with Crippen LogP contribution in [-0.2, 0) is 0 Å². The number of amides is 1. The maximum absolute atomic E-state index is 12.8. The Balaban J connectivity index is 2.26. The topological polar surface area (TPSA) is 64.1 Å². The first-order chi connectivity index (χ1) is 12.0. The van der Waals surface area contributed by atoms with Gasteiger partial charge in [0.05, 0.1) is 17.9 Å². The van der Waals surface area contributed by atoms with Crippen molar-refractivity contribution in [1.82, 2.24) is 9.97 Å². The SMILES string of the molecule is CCCOc1cccc(NC(=O)c2c(C)nc(C(C)C)nc2SC)c1. The van der Waals surface area contributed by atoms with Crippen LogP contribution in [-0.4, -0.2) is 28.7 Å². The maximum atomic E-state index is 12.8. The van der Waals surface area contributed by atoms with E-state index in [4.69, 9.17) is 4.74 Å². The third-order valence-corrected chi connectivity index (χ3v) is 4.26. The molecule has 0 spiro atoms. The standard InChI is InChI=1S/C19H25N3O2S/c1-6-10-24-15-9-7-8-14(11-15)21-18(23)16-13(4)20-17(12(2)3)22-19(16)25-5/h7-9,11-12H,6,10H2,1-5H3,(H,21,23). The van der Waals surface area contributed by atoms with Gasteiger partial charge in [-0.25, -0.2) is 9.97 Å². The Bertz CT molecular complexity index is 747. The zero-order valence-corrected chi connectivity index (χ0v) is 16.2. The molecule has 0 atom stereocenters. The number of aryl methyl sites for hydroxylation is 1. The Morgan fingerprint density at radius 1 is 1.32 bits per heavy atom. The van der Waals surface area contributed by atoms with E-state index in [2.05, 4.69) is 22.2 Å². The Labute approximate surface area is 153 Å². The summed E-state index contributed by atoms with van der Waals surface area (Å²) in [5, 5.41) is 3.63. The molecule has 0 saturated heterocycles. The number of hydrogen-bond acceptors (Lipinski definition) is 5. The number of benzene rings is 1. The van der Waals surface area contributed by atoms with Crippen molar-refractivity contribution in [1.29, 1.82) is 0 Å². The lowest BCUT2D eigenvalue weighted by Gasteiger charge is -2.14. The predicted molar refractivity (Wildman–Crippen MR) is 103 cm³/mol. The largest absolute Gasteiger partial charge is 0.494 e. The Morgan fingerprint density at radius 3 is 2.72 bits per heavy atom. The van der Waals surface area contributed by atoms with Crippen LogP contribution in [0.4, 0.5) is 5.69 Å². The number of carbonyl (C=O) groups excluding carboxylic acids is 1. The van der Waals surface area contributed by atoms with Crippen LogP contribution in [0, 0.1) is 6.92 Å². The van der Waals surface area contributed by atoms with E-state index in [1.54, 1.807) is 0 Å². The van der Waals surface area contributed by atoms with E-state index in [0.717, 1.165) is 18.0 Å². The molecule has 2 rings (SSSR count). The van der Waals surface area contributed by atoms with E-state index in [1.165, 1.54) is 11.8 Å². The molecule has 0 unspecified atom stereocenters. The van der Waals surface area contributed by atoms with Crippen LogP contribution in [0.1, 0.15) is 55.0 Å². The first-order valence-electron chi connectivity index (χ1n) is 8.43. The van der Waals surface area contributed by atoms with Gasteiger partial charge in [-0.15, -0.1) is 11.8 Å². The molecule has 25 heavy (non-hydrogen) atoms. The molecular weight excluding hydrogens is 334 g/mol. The lowest BCUT2D eigenvalue weighted by Crippen LogP contribution is -2.18. The first-order valence-corrected chi connectivity index (χ1v) is 9.65. The molecule has 0 fully saturated rings. The monoisotopic (exact) mass is 359 g/mol. The van der Waals surface area contributed by atoms with Crippen LogP contribution in [0.25, 0.3) is 0 Å². The van der Waals surface area contributed by atoms with Crippen molar-refractivity contribution >= 4 is 23.4 Å². The smallest absolute Gasteiger partial charge is 0.260 e. The van der Waals surface area contributed by atoms with Crippen molar-refractivity contribution < 1.29 is 9.53 Å². The predicted octanol–water partition coefficient (Wildman–Crippen LogP) is 4.67. The second-order valence-corrected chi connectivity index (χ2v) is 6.83. The average molecular weight is 359 g/mol. The summed E-state index contributed by atoms with van der Waals surface area (Å²) in [6, 6.07) is 7.41. The van der Waals surface area contributed by atoms with Gasteiger partial charge in [-0.3, -0.25) is 4.79 Å². The molecule has 0 radical (unpaired) electrons. The molecule has 1 heterocycles. The molecule has 134 valence electrons. The quantitative estimate of drug-likeness (QED) is 0.575.